The van der Waals surface area contributed by atoms with E-state index in [4.69, 9.17) is 4.84 Å². The Morgan fingerprint density at radius 3 is 2.24 bits per heavy atom. The second-order valence-corrected chi connectivity index (χ2v) is 9.19. The van der Waals surface area contributed by atoms with Gasteiger partial charge < -0.3 is 0 Å². The van der Waals surface area contributed by atoms with Crippen LogP contribution in [-0.2, 0) is 20.6 Å². The molecule has 2 aliphatic heterocycles. The molecule has 174 valence electrons. The minimum Gasteiger partial charge on any atom is -0.273 e. The van der Waals surface area contributed by atoms with Crippen LogP contribution in [0.2, 0.25) is 0 Å². The lowest BCUT2D eigenvalue weighted by molar-refractivity contribution is -0.137. The zero-order chi connectivity index (χ0) is 24.2. The molecule has 0 aromatic heterocycles. The van der Waals surface area contributed by atoms with Crippen molar-refractivity contribution >= 4 is 39.1 Å². The number of amides is 2. The maximum atomic E-state index is 13.6. The quantitative estimate of drug-likeness (QED) is 0.400. The molecule has 0 spiro atoms. The van der Waals surface area contributed by atoms with Crippen molar-refractivity contribution in [2.75, 3.05) is 9.96 Å². The Morgan fingerprint density at radius 2 is 1.56 bits per heavy atom. The van der Waals surface area contributed by atoms with Crippen molar-refractivity contribution in [2.45, 2.75) is 25.2 Å². The third-order valence-electron chi connectivity index (χ3n) is 6.03. The van der Waals surface area contributed by atoms with Crippen LogP contribution in [0.5, 0.6) is 0 Å². The first-order valence-corrected chi connectivity index (χ1v) is 11.3. The number of halogens is 4. The van der Waals surface area contributed by atoms with Gasteiger partial charge in [0.25, 0.3) is 5.91 Å². The molecule has 0 unspecified atom stereocenters. The van der Waals surface area contributed by atoms with Gasteiger partial charge in [0.2, 0.25) is 5.91 Å². The summed E-state index contributed by atoms with van der Waals surface area (Å²) in [7, 11) is 0. The third-order valence-corrected chi connectivity index (χ3v) is 6.52. The normalized spacial score (nSPS) is 22.4. The van der Waals surface area contributed by atoms with Crippen molar-refractivity contribution in [3.63, 3.8) is 0 Å². The van der Waals surface area contributed by atoms with E-state index in [1.807, 2.05) is 49.4 Å². The first-order chi connectivity index (χ1) is 16.1. The topological polar surface area (TPSA) is 49.9 Å². The summed E-state index contributed by atoms with van der Waals surface area (Å²) < 4.78 is 40.5. The molecule has 3 aromatic rings. The number of alkyl halides is 3. The van der Waals surface area contributed by atoms with Crippen LogP contribution >= 0.6 is 15.9 Å². The summed E-state index contributed by atoms with van der Waals surface area (Å²) in [5, 5.41) is 1.55. The summed E-state index contributed by atoms with van der Waals surface area (Å²) in [5.41, 5.74) is 1.35. The van der Waals surface area contributed by atoms with Crippen LogP contribution in [0.1, 0.15) is 22.7 Å². The fourth-order valence-corrected chi connectivity index (χ4v) is 4.82. The van der Waals surface area contributed by atoms with Crippen molar-refractivity contribution in [3.8, 4) is 0 Å². The lowest BCUT2D eigenvalue weighted by atomic mass is 9.90. The molecule has 3 atom stereocenters. The molecule has 0 aliphatic carbocycles. The number of fused-ring (bicyclic) bond motifs is 1. The van der Waals surface area contributed by atoms with Crippen LogP contribution in [0, 0.1) is 12.8 Å². The second-order valence-electron chi connectivity index (χ2n) is 8.27. The molecule has 0 bridgehead atoms. The highest BCUT2D eigenvalue weighted by molar-refractivity contribution is 9.10. The maximum absolute atomic E-state index is 13.6. The number of carbonyl (C=O) groups excluding carboxylic acids is 2. The lowest BCUT2D eigenvalue weighted by Crippen LogP contribution is -2.37. The van der Waals surface area contributed by atoms with E-state index >= 15 is 0 Å². The molecule has 0 saturated carbocycles. The highest BCUT2D eigenvalue weighted by Gasteiger charge is 2.60. The smallest absolute Gasteiger partial charge is 0.273 e. The van der Waals surface area contributed by atoms with Gasteiger partial charge in [-0.1, -0.05) is 57.9 Å². The molecule has 0 radical (unpaired) electrons. The summed E-state index contributed by atoms with van der Waals surface area (Å²) >= 11 is 3.43. The third kappa shape index (κ3) is 3.78. The van der Waals surface area contributed by atoms with Crippen molar-refractivity contribution in [3.05, 3.63) is 94.0 Å². The molecular formula is C25H18BrF3N2O3. The largest absolute Gasteiger partial charge is 0.416 e. The van der Waals surface area contributed by atoms with E-state index in [0.29, 0.717) is 5.69 Å². The molecule has 2 saturated heterocycles. The number of carbonyl (C=O) groups is 2. The zero-order valence-electron chi connectivity index (χ0n) is 17.8. The van der Waals surface area contributed by atoms with Gasteiger partial charge in [-0.05, 0) is 48.9 Å². The van der Waals surface area contributed by atoms with Crippen LogP contribution < -0.4 is 9.96 Å². The number of aryl methyl sites for hydroxylation is 1. The van der Waals surface area contributed by atoms with Gasteiger partial charge in [-0.3, -0.25) is 14.4 Å². The van der Waals surface area contributed by atoms with Crippen LogP contribution in [0.4, 0.5) is 24.5 Å². The van der Waals surface area contributed by atoms with Gasteiger partial charge in [0, 0.05) is 4.47 Å². The number of hydroxylamine groups is 1. The first-order valence-electron chi connectivity index (χ1n) is 10.5. The molecule has 5 rings (SSSR count). The monoisotopic (exact) mass is 530 g/mol. The van der Waals surface area contributed by atoms with Gasteiger partial charge in [0.1, 0.15) is 5.92 Å². The fraction of sp³-hybridized carbons (Fsp3) is 0.200. The molecule has 5 nitrogen and oxygen atoms in total. The molecule has 2 fully saturated rings. The summed E-state index contributed by atoms with van der Waals surface area (Å²) in [6.07, 6.45) is -5.76. The number of hydrogen-bond acceptors (Lipinski definition) is 4. The zero-order valence-corrected chi connectivity index (χ0v) is 19.4. The Labute approximate surface area is 201 Å². The Hall–Kier alpha value is -3.17. The van der Waals surface area contributed by atoms with E-state index in [1.165, 1.54) is 12.1 Å². The highest BCUT2D eigenvalue weighted by atomic mass is 79.9. The van der Waals surface area contributed by atoms with Gasteiger partial charge in [0.15, 0.2) is 6.10 Å². The Kier molecular flexibility index (Phi) is 5.49. The summed E-state index contributed by atoms with van der Waals surface area (Å²) in [4.78, 5) is 33.7. The first kappa shape index (κ1) is 22.6. The van der Waals surface area contributed by atoms with Gasteiger partial charge in [-0.2, -0.15) is 13.2 Å². The molecule has 34 heavy (non-hydrogen) atoms. The Morgan fingerprint density at radius 1 is 0.882 bits per heavy atom. The van der Waals surface area contributed by atoms with E-state index in [9.17, 15) is 22.8 Å². The second kappa shape index (κ2) is 8.25. The molecule has 3 aromatic carbocycles. The number of anilines is 2. The molecular weight excluding hydrogens is 513 g/mol. The van der Waals surface area contributed by atoms with Gasteiger partial charge in [0.05, 0.1) is 23.0 Å². The van der Waals surface area contributed by atoms with E-state index in [2.05, 4.69) is 15.9 Å². The van der Waals surface area contributed by atoms with E-state index < -0.39 is 41.6 Å². The predicted molar refractivity (Wildman–Crippen MR) is 123 cm³/mol. The molecule has 9 heteroatoms. The maximum Gasteiger partial charge on any atom is 0.416 e. The average Bonchev–Trinajstić information content (AvgIpc) is 3.30. The number of benzene rings is 3. The highest BCUT2D eigenvalue weighted by Crippen LogP contribution is 2.48. The molecule has 0 N–H and O–H groups in total. The van der Waals surface area contributed by atoms with Crippen LogP contribution in [0.3, 0.4) is 0 Å². The van der Waals surface area contributed by atoms with Gasteiger partial charge in [-0.25, -0.2) is 9.96 Å². The molecule has 2 heterocycles. The van der Waals surface area contributed by atoms with Crippen LogP contribution in [0.15, 0.2) is 77.3 Å². The Bertz CT molecular complexity index is 1280. The van der Waals surface area contributed by atoms with E-state index in [1.54, 1.807) is 11.1 Å². The van der Waals surface area contributed by atoms with Crippen molar-refractivity contribution in [1.29, 1.82) is 0 Å². The van der Waals surface area contributed by atoms with Crippen molar-refractivity contribution in [2.24, 2.45) is 5.92 Å². The predicted octanol–water partition coefficient (Wildman–Crippen LogP) is 5.83. The number of hydrogen-bond donors (Lipinski definition) is 0. The van der Waals surface area contributed by atoms with Crippen LogP contribution in [-0.4, -0.2) is 17.9 Å². The Balaban J connectivity index is 1.57. The number of rotatable bonds is 3. The lowest BCUT2D eigenvalue weighted by Gasteiger charge is -2.29. The van der Waals surface area contributed by atoms with Crippen molar-refractivity contribution in [1.82, 2.24) is 0 Å². The fourth-order valence-electron chi connectivity index (χ4n) is 4.43. The number of imide groups is 1. The standard InChI is InChI=1S/C25H18BrF3N2O3/c1-14-8-10-15(11-9-14)21-20-22(34-31(21)19-7-3-5-17(26)13-19)24(33)30(23(20)32)18-6-2-4-16(12-18)25(27,28)29/h2-13,20-22H,1H3/t20-,21-,22+/m1/s1. The summed E-state index contributed by atoms with van der Waals surface area (Å²) in [5.74, 6) is -2.22. The van der Waals surface area contributed by atoms with E-state index in [0.717, 1.165) is 32.6 Å². The minimum absolute atomic E-state index is 0.125. The molecule has 2 aliphatic rings. The number of nitrogens with zero attached hydrogens (tertiary/aromatic N) is 2. The summed E-state index contributed by atoms with van der Waals surface area (Å²) in [6, 6.07) is 18.3. The molecule has 2 amide bonds. The average molecular weight is 531 g/mol. The van der Waals surface area contributed by atoms with E-state index in [-0.39, 0.29) is 5.69 Å². The van der Waals surface area contributed by atoms with Gasteiger partial charge in [-0.15, -0.1) is 0 Å². The van der Waals surface area contributed by atoms with Crippen molar-refractivity contribution < 1.29 is 27.6 Å². The summed E-state index contributed by atoms with van der Waals surface area (Å²) in [6.45, 7) is 1.93. The minimum atomic E-state index is -4.60. The van der Waals surface area contributed by atoms with Crippen LogP contribution in [0.25, 0.3) is 0 Å². The van der Waals surface area contributed by atoms with Gasteiger partial charge >= 0.3 is 6.18 Å². The SMILES string of the molecule is Cc1ccc([C@@H]2[C@H]3C(=O)N(c4cccc(C(F)(F)F)c4)C(=O)[C@H]3ON2c2cccc(Br)c2)cc1.